The Kier molecular flexibility index (Phi) is 3.07. The predicted octanol–water partition coefficient (Wildman–Crippen LogP) is 4.57. The molecular weight excluding hydrogens is 272 g/mol. The van der Waals surface area contributed by atoms with Crippen molar-refractivity contribution in [3.8, 4) is 0 Å². The van der Waals surface area contributed by atoms with Gasteiger partial charge >= 0.3 is 0 Å². The Labute approximate surface area is 113 Å². The number of hydrogen-bond acceptors (Lipinski definition) is 3. The zero-order valence-corrected chi connectivity index (χ0v) is 11.6. The van der Waals surface area contributed by atoms with Crippen molar-refractivity contribution in [1.29, 1.82) is 0 Å². The molecule has 0 N–H and O–H groups in total. The molecule has 0 aliphatic heterocycles. The lowest BCUT2D eigenvalue weighted by Crippen LogP contribution is -1.97. The van der Waals surface area contributed by atoms with Gasteiger partial charge in [0.25, 0.3) is 0 Å². The van der Waals surface area contributed by atoms with E-state index in [9.17, 15) is 4.79 Å². The molecule has 4 heteroatoms. The first-order valence-electron chi connectivity index (χ1n) is 5.65. The van der Waals surface area contributed by atoms with Crippen molar-refractivity contribution in [2.24, 2.45) is 0 Å². The van der Waals surface area contributed by atoms with Crippen LogP contribution in [0.4, 0.5) is 0 Å². The Morgan fingerprint density at radius 2 is 1.94 bits per heavy atom. The number of rotatable bonds is 2. The third kappa shape index (κ3) is 2.19. The lowest BCUT2D eigenvalue weighted by Gasteiger charge is -2.08. The third-order valence-corrected chi connectivity index (χ3v) is 5.48. The van der Waals surface area contributed by atoms with Gasteiger partial charge in [0, 0.05) is 4.88 Å². The highest BCUT2D eigenvalue weighted by atomic mass is 35.5. The standard InChI is InChI=1S/C13H11ClOS2/c14-12-6-5-10(17-12)13(15)11-7-8-3-1-2-4-9(8)16-11/h5-7H,1-4H2. The molecule has 3 rings (SSSR count). The number of aryl methyl sites for hydroxylation is 2. The zero-order valence-electron chi connectivity index (χ0n) is 9.16. The summed E-state index contributed by atoms with van der Waals surface area (Å²) in [5, 5.41) is 0. The van der Waals surface area contributed by atoms with Crippen LogP contribution >= 0.6 is 34.3 Å². The fraction of sp³-hybridized carbons (Fsp3) is 0.308. The molecule has 88 valence electrons. The first-order valence-corrected chi connectivity index (χ1v) is 7.67. The molecule has 0 aromatic carbocycles. The van der Waals surface area contributed by atoms with Crippen molar-refractivity contribution in [2.75, 3.05) is 0 Å². The molecule has 0 saturated carbocycles. The number of thiophene rings is 2. The van der Waals surface area contributed by atoms with Gasteiger partial charge in [0.2, 0.25) is 5.78 Å². The molecule has 0 amide bonds. The topological polar surface area (TPSA) is 17.1 Å². The minimum atomic E-state index is 0.126. The average Bonchev–Trinajstić information content (AvgIpc) is 2.93. The number of ketones is 1. The summed E-state index contributed by atoms with van der Waals surface area (Å²) in [6.45, 7) is 0. The maximum atomic E-state index is 12.2. The summed E-state index contributed by atoms with van der Waals surface area (Å²) in [6, 6.07) is 5.68. The van der Waals surface area contributed by atoms with Crippen LogP contribution in [-0.4, -0.2) is 5.78 Å². The van der Waals surface area contributed by atoms with Gasteiger partial charge in [0.15, 0.2) is 0 Å². The summed E-state index contributed by atoms with van der Waals surface area (Å²) in [6.07, 6.45) is 4.77. The largest absolute Gasteiger partial charge is 0.287 e. The van der Waals surface area contributed by atoms with Gasteiger partial charge in [-0.2, -0.15) is 0 Å². The van der Waals surface area contributed by atoms with Crippen LogP contribution in [-0.2, 0) is 12.8 Å². The van der Waals surface area contributed by atoms with Gasteiger partial charge in [-0.25, -0.2) is 0 Å². The van der Waals surface area contributed by atoms with E-state index in [2.05, 4.69) is 6.07 Å². The van der Waals surface area contributed by atoms with E-state index in [1.807, 2.05) is 6.07 Å². The van der Waals surface area contributed by atoms with E-state index in [4.69, 9.17) is 11.6 Å². The molecule has 0 bridgehead atoms. The summed E-state index contributed by atoms with van der Waals surface area (Å²) in [5.41, 5.74) is 1.38. The normalized spacial score (nSPS) is 14.6. The molecule has 2 aromatic heterocycles. The van der Waals surface area contributed by atoms with Gasteiger partial charge in [-0.3, -0.25) is 4.79 Å². The Bertz CT molecular complexity index is 544. The molecule has 1 nitrogen and oxygen atoms in total. The van der Waals surface area contributed by atoms with Crippen LogP contribution in [0.1, 0.15) is 37.8 Å². The van der Waals surface area contributed by atoms with Crippen LogP contribution < -0.4 is 0 Å². The number of fused-ring (bicyclic) bond motifs is 1. The number of carbonyl (C=O) groups is 1. The minimum absolute atomic E-state index is 0.126. The monoisotopic (exact) mass is 282 g/mol. The molecule has 1 aliphatic carbocycles. The van der Waals surface area contributed by atoms with E-state index in [0.29, 0.717) is 4.34 Å². The van der Waals surface area contributed by atoms with Crippen molar-refractivity contribution < 1.29 is 4.79 Å². The fourth-order valence-electron chi connectivity index (χ4n) is 2.16. The van der Waals surface area contributed by atoms with Crippen molar-refractivity contribution in [2.45, 2.75) is 25.7 Å². The number of hydrogen-bond donors (Lipinski definition) is 0. The summed E-state index contributed by atoms with van der Waals surface area (Å²) in [7, 11) is 0. The maximum absolute atomic E-state index is 12.2. The quantitative estimate of drug-likeness (QED) is 0.737. The first-order chi connectivity index (χ1) is 8.24. The van der Waals surface area contributed by atoms with Crippen LogP contribution in [0.15, 0.2) is 18.2 Å². The van der Waals surface area contributed by atoms with Crippen LogP contribution in [0.5, 0.6) is 0 Å². The van der Waals surface area contributed by atoms with E-state index in [-0.39, 0.29) is 5.78 Å². The van der Waals surface area contributed by atoms with E-state index < -0.39 is 0 Å². The molecule has 0 spiro atoms. The van der Waals surface area contributed by atoms with Gasteiger partial charge in [0.05, 0.1) is 14.1 Å². The second-order valence-corrected chi connectivity index (χ2v) is 7.05. The fourth-order valence-corrected chi connectivity index (χ4v) is 4.43. The molecule has 0 radical (unpaired) electrons. The van der Waals surface area contributed by atoms with E-state index in [0.717, 1.165) is 22.6 Å². The molecular formula is C13H11ClOS2. The van der Waals surface area contributed by atoms with Crippen LogP contribution in [0.3, 0.4) is 0 Å². The summed E-state index contributed by atoms with van der Waals surface area (Å²) in [5.74, 6) is 0.126. The van der Waals surface area contributed by atoms with Gasteiger partial charge in [-0.15, -0.1) is 22.7 Å². The summed E-state index contributed by atoms with van der Waals surface area (Å²) < 4.78 is 0.676. The average molecular weight is 283 g/mol. The molecule has 0 unspecified atom stereocenters. The summed E-state index contributed by atoms with van der Waals surface area (Å²) in [4.78, 5) is 15.3. The minimum Gasteiger partial charge on any atom is -0.287 e. The molecule has 2 aromatic rings. The first kappa shape index (κ1) is 11.5. The van der Waals surface area contributed by atoms with Crippen molar-refractivity contribution in [1.82, 2.24) is 0 Å². The van der Waals surface area contributed by atoms with Crippen molar-refractivity contribution in [3.63, 3.8) is 0 Å². The molecule has 0 saturated heterocycles. The third-order valence-electron chi connectivity index (χ3n) is 3.02. The van der Waals surface area contributed by atoms with Gasteiger partial charge < -0.3 is 0 Å². The SMILES string of the molecule is O=C(c1ccc(Cl)s1)c1cc2c(s1)CCCC2. The van der Waals surface area contributed by atoms with Crippen molar-refractivity contribution >= 4 is 40.1 Å². The predicted molar refractivity (Wildman–Crippen MR) is 73.7 cm³/mol. The maximum Gasteiger partial charge on any atom is 0.212 e. The molecule has 2 heterocycles. The van der Waals surface area contributed by atoms with Crippen molar-refractivity contribution in [3.05, 3.63) is 42.7 Å². The van der Waals surface area contributed by atoms with Crippen LogP contribution in [0.2, 0.25) is 4.34 Å². The molecule has 0 atom stereocenters. The number of carbonyl (C=O) groups excluding carboxylic acids is 1. The Hall–Kier alpha value is -0.640. The smallest absolute Gasteiger partial charge is 0.212 e. The highest BCUT2D eigenvalue weighted by Gasteiger charge is 2.19. The lowest BCUT2D eigenvalue weighted by molar-refractivity contribution is 0.104. The van der Waals surface area contributed by atoms with Gasteiger partial charge in [0.1, 0.15) is 0 Å². The molecule has 1 aliphatic rings. The second-order valence-electron chi connectivity index (χ2n) is 4.20. The zero-order chi connectivity index (χ0) is 11.8. The van der Waals surface area contributed by atoms with Gasteiger partial charge in [-0.05, 0) is 49.4 Å². The Balaban J connectivity index is 1.94. The van der Waals surface area contributed by atoms with Gasteiger partial charge in [-0.1, -0.05) is 11.6 Å². The lowest BCUT2D eigenvalue weighted by atomic mass is 9.99. The number of halogens is 1. The highest BCUT2D eigenvalue weighted by molar-refractivity contribution is 7.20. The van der Waals surface area contributed by atoms with E-state index >= 15 is 0 Å². The summed E-state index contributed by atoms with van der Waals surface area (Å²) >= 11 is 8.88. The molecule has 0 fully saturated rings. The van der Waals surface area contributed by atoms with E-state index in [1.54, 1.807) is 17.4 Å². The Morgan fingerprint density at radius 3 is 2.65 bits per heavy atom. The van der Waals surface area contributed by atoms with Crippen LogP contribution in [0, 0.1) is 0 Å². The molecule has 17 heavy (non-hydrogen) atoms. The van der Waals surface area contributed by atoms with Crippen LogP contribution in [0.25, 0.3) is 0 Å². The second kappa shape index (κ2) is 4.56. The van der Waals surface area contributed by atoms with E-state index in [1.165, 1.54) is 34.6 Å². The Morgan fingerprint density at radius 1 is 1.12 bits per heavy atom. The highest BCUT2D eigenvalue weighted by Crippen LogP contribution is 2.32.